The van der Waals surface area contributed by atoms with Crippen LogP contribution in [0.3, 0.4) is 0 Å². The second kappa shape index (κ2) is 9.25. The highest BCUT2D eigenvalue weighted by Gasteiger charge is 2.68. The molecule has 0 bridgehead atoms. The summed E-state index contributed by atoms with van der Waals surface area (Å²) >= 11 is 0. The predicted molar refractivity (Wildman–Crippen MR) is 150 cm³/mol. The number of carbonyl (C=O) groups is 1. The molecular weight excluding hydrogens is 491 g/mol. The van der Waals surface area contributed by atoms with Crippen LogP contribution >= 0.6 is 0 Å². The number of ether oxygens (including phenoxy) is 2. The number of aliphatic carboxylic acids is 1. The Balaban J connectivity index is 1.32. The van der Waals surface area contributed by atoms with Gasteiger partial charge in [-0.2, -0.15) is 0 Å². The van der Waals surface area contributed by atoms with E-state index in [9.17, 15) is 9.90 Å². The minimum absolute atomic E-state index is 0.0144. The fraction of sp³-hybridized carbons (Fsp3) is 0.382. The van der Waals surface area contributed by atoms with E-state index in [0.29, 0.717) is 17.9 Å². The molecule has 6 rings (SSSR count). The summed E-state index contributed by atoms with van der Waals surface area (Å²) in [5.74, 6) is 0.215. The van der Waals surface area contributed by atoms with Gasteiger partial charge in [-0.1, -0.05) is 45.0 Å². The maximum atomic E-state index is 15.1. The Bertz CT molecular complexity index is 1500. The summed E-state index contributed by atoms with van der Waals surface area (Å²) in [6.45, 7) is 6.90. The van der Waals surface area contributed by atoms with Crippen LogP contribution in [0.4, 0.5) is 4.39 Å². The van der Waals surface area contributed by atoms with Crippen molar-refractivity contribution < 1.29 is 23.8 Å². The van der Waals surface area contributed by atoms with Gasteiger partial charge in [-0.25, -0.2) is 4.39 Å². The normalized spacial score (nSPS) is 24.4. The molecule has 1 spiro atoms. The van der Waals surface area contributed by atoms with Crippen molar-refractivity contribution in [3.05, 3.63) is 88.7 Å². The quantitative estimate of drug-likeness (QED) is 0.341. The van der Waals surface area contributed by atoms with Crippen LogP contribution in [0.1, 0.15) is 62.3 Å². The molecule has 0 saturated heterocycles. The van der Waals surface area contributed by atoms with Gasteiger partial charge in [-0.3, -0.25) is 4.79 Å². The average molecular weight is 527 g/mol. The second-order valence-corrected chi connectivity index (χ2v) is 12.0. The number of hydrogen-bond donors (Lipinski definition) is 1. The third-order valence-electron chi connectivity index (χ3n) is 9.51. The first-order chi connectivity index (χ1) is 18.7. The Hall–Kier alpha value is -3.60. The van der Waals surface area contributed by atoms with E-state index in [0.717, 1.165) is 53.7 Å². The lowest BCUT2D eigenvalue weighted by atomic mass is 9.79. The maximum absolute atomic E-state index is 15.1. The molecule has 0 heterocycles. The number of hydrogen-bond acceptors (Lipinski definition) is 3. The first kappa shape index (κ1) is 25.7. The third kappa shape index (κ3) is 4.14. The van der Waals surface area contributed by atoms with E-state index >= 15 is 4.39 Å². The van der Waals surface area contributed by atoms with Crippen LogP contribution in [0.15, 0.2) is 60.7 Å². The minimum Gasteiger partial charge on any atom is -0.497 e. The molecule has 3 aliphatic carbocycles. The first-order valence-corrected chi connectivity index (χ1v) is 13.8. The molecule has 1 saturated carbocycles. The summed E-state index contributed by atoms with van der Waals surface area (Å²) in [6.07, 6.45) is 6.13. The maximum Gasteiger partial charge on any atom is 0.307 e. The Morgan fingerprint density at radius 3 is 2.49 bits per heavy atom. The van der Waals surface area contributed by atoms with Crippen molar-refractivity contribution in [2.45, 2.75) is 58.5 Å². The largest absolute Gasteiger partial charge is 0.497 e. The Labute approximate surface area is 229 Å². The lowest BCUT2D eigenvalue weighted by Gasteiger charge is -2.25. The molecule has 3 atom stereocenters. The highest BCUT2D eigenvalue weighted by atomic mass is 19.1. The molecule has 0 radical (unpaired) electrons. The molecule has 5 heteroatoms. The minimum atomic E-state index is -0.703. The van der Waals surface area contributed by atoms with Crippen molar-refractivity contribution in [1.29, 1.82) is 0 Å². The molecule has 2 unspecified atom stereocenters. The third-order valence-corrected chi connectivity index (χ3v) is 9.51. The van der Waals surface area contributed by atoms with Gasteiger partial charge in [-0.05, 0) is 107 Å². The van der Waals surface area contributed by atoms with Gasteiger partial charge in [0, 0.05) is 11.0 Å². The first-order valence-electron chi connectivity index (χ1n) is 13.8. The molecule has 3 aliphatic rings. The van der Waals surface area contributed by atoms with Crippen molar-refractivity contribution in [3.8, 4) is 22.6 Å². The summed E-state index contributed by atoms with van der Waals surface area (Å²) in [4.78, 5) is 11.8. The van der Waals surface area contributed by atoms with Crippen molar-refractivity contribution in [1.82, 2.24) is 0 Å². The number of rotatable bonds is 7. The number of carboxylic acids is 1. The lowest BCUT2D eigenvalue weighted by Crippen LogP contribution is -2.12. The molecule has 0 aromatic heterocycles. The van der Waals surface area contributed by atoms with Crippen molar-refractivity contribution in [3.63, 3.8) is 0 Å². The highest BCUT2D eigenvalue weighted by molar-refractivity contribution is 5.85. The second-order valence-electron chi connectivity index (χ2n) is 12.0. The van der Waals surface area contributed by atoms with Gasteiger partial charge in [-0.15, -0.1) is 0 Å². The Morgan fingerprint density at radius 2 is 1.79 bits per heavy atom. The van der Waals surface area contributed by atoms with E-state index < -0.39 is 5.97 Å². The van der Waals surface area contributed by atoms with Crippen LogP contribution in [0.25, 0.3) is 16.7 Å². The number of carboxylic acid groups (broad SMARTS) is 1. The molecule has 0 aliphatic heterocycles. The number of fused-ring (bicyclic) bond motifs is 2. The summed E-state index contributed by atoms with van der Waals surface area (Å²) in [5, 5.41) is 9.73. The molecule has 1 N–H and O–H groups in total. The molecular formula is C34H35FO4. The summed E-state index contributed by atoms with van der Waals surface area (Å²) in [7, 11) is 1.59. The molecule has 4 nitrogen and oxygen atoms in total. The Kier molecular flexibility index (Phi) is 6.09. The van der Waals surface area contributed by atoms with Crippen LogP contribution in [0, 0.1) is 23.1 Å². The number of benzene rings is 3. The van der Waals surface area contributed by atoms with Gasteiger partial charge in [0.05, 0.1) is 13.0 Å². The molecule has 3 aromatic rings. The molecule has 3 aromatic carbocycles. The number of methoxy groups -OCH3 is 1. The van der Waals surface area contributed by atoms with E-state index in [2.05, 4.69) is 45.0 Å². The average Bonchev–Trinajstić information content (AvgIpc) is 3.15. The fourth-order valence-electron chi connectivity index (χ4n) is 7.24. The zero-order chi connectivity index (χ0) is 27.5. The number of halogens is 1. The van der Waals surface area contributed by atoms with E-state index in [1.54, 1.807) is 19.2 Å². The fourth-order valence-corrected chi connectivity index (χ4v) is 7.24. The standard InChI is InChI=1S/C34H35FO4/c1-20-31(32(36)37)34(20)15-13-22-8-9-24(18-29(22)34)39-19-21-7-11-25(27-17-23(38-4)10-12-30(27)35)26(16-21)28-6-5-14-33(28,2)3/h6-12,16-18,20,31H,5,13-15,19H2,1-4H3,(H,36,37)/t20-,31?,34?/m0/s1. The van der Waals surface area contributed by atoms with Gasteiger partial charge in [0.2, 0.25) is 0 Å². The van der Waals surface area contributed by atoms with Crippen molar-refractivity contribution >= 4 is 11.5 Å². The predicted octanol–water partition coefficient (Wildman–Crippen LogP) is 7.82. The van der Waals surface area contributed by atoms with E-state index in [-0.39, 0.29) is 28.5 Å². The van der Waals surface area contributed by atoms with E-state index in [1.807, 2.05) is 18.2 Å². The number of allylic oxidation sites excluding steroid dienone is 2. The van der Waals surface area contributed by atoms with Crippen LogP contribution in [-0.4, -0.2) is 18.2 Å². The van der Waals surface area contributed by atoms with Crippen molar-refractivity contribution in [2.75, 3.05) is 7.11 Å². The number of aryl methyl sites for hydroxylation is 1. The van der Waals surface area contributed by atoms with E-state index in [1.165, 1.54) is 17.2 Å². The smallest absolute Gasteiger partial charge is 0.307 e. The van der Waals surface area contributed by atoms with Gasteiger partial charge in [0.25, 0.3) is 0 Å². The van der Waals surface area contributed by atoms with Gasteiger partial charge in [0.15, 0.2) is 0 Å². The van der Waals surface area contributed by atoms with Crippen LogP contribution < -0.4 is 9.47 Å². The summed E-state index contributed by atoms with van der Waals surface area (Å²) in [5.41, 5.74) is 6.73. The molecule has 1 fully saturated rings. The van der Waals surface area contributed by atoms with Crippen molar-refractivity contribution in [2.24, 2.45) is 17.3 Å². The van der Waals surface area contributed by atoms with Gasteiger partial charge >= 0.3 is 5.97 Å². The van der Waals surface area contributed by atoms with Crippen LogP contribution in [0.5, 0.6) is 11.5 Å². The molecule has 39 heavy (non-hydrogen) atoms. The van der Waals surface area contributed by atoms with Crippen LogP contribution in [-0.2, 0) is 23.2 Å². The summed E-state index contributed by atoms with van der Waals surface area (Å²) in [6, 6.07) is 17.1. The Morgan fingerprint density at radius 1 is 1.00 bits per heavy atom. The monoisotopic (exact) mass is 526 g/mol. The van der Waals surface area contributed by atoms with Gasteiger partial charge in [0.1, 0.15) is 23.9 Å². The zero-order valence-electron chi connectivity index (χ0n) is 23.0. The van der Waals surface area contributed by atoms with Gasteiger partial charge < -0.3 is 14.6 Å². The van der Waals surface area contributed by atoms with E-state index in [4.69, 9.17) is 9.47 Å². The lowest BCUT2D eigenvalue weighted by molar-refractivity contribution is -0.139. The topological polar surface area (TPSA) is 55.8 Å². The zero-order valence-corrected chi connectivity index (χ0v) is 23.0. The summed E-state index contributed by atoms with van der Waals surface area (Å²) < 4.78 is 26.7. The molecule has 202 valence electrons. The highest BCUT2D eigenvalue weighted by Crippen LogP contribution is 2.66. The van der Waals surface area contributed by atoms with Crippen LogP contribution in [0.2, 0.25) is 0 Å². The molecule has 0 amide bonds. The SMILES string of the molecule is COc1ccc(F)c(-c2ccc(COc3ccc4c(c3)C3(CC4)C(C(=O)O)[C@@H]3C)cc2C2=CCCC2(C)C)c1.